The van der Waals surface area contributed by atoms with Gasteiger partial charge in [-0.05, 0) is 89.0 Å². The lowest BCUT2D eigenvalue weighted by molar-refractivity contribution is 0.230. The molecule has 0 radical (unpaired) electrons. The molecule has 0 aliphatic carbocycles. The van der Waals surface area contributed by atoms with Gasteiger partial charge >= 0.3 is 0 Å². The number of nitrogens with one attached hydrogen (secondary N) is 4. The van der Waals surface area contributed by atoms with Crippen molar-refractivity contribution in [2.24, 2.45) is 0 Å². The summed E-state index contributed by atoms with van der Waals surface area (Å²) in [5, 5.41) is 13.8. The van der Waals surface area contributed by atoms with E-state index in [1.165, 1.54) is 25.9 Å². The summed E-state index contributed by atoms with van der Waals surface area (Å²) < 4.78 is 35.6. The highest BCUT2D eigenvalue weighted by Crippen LogP contribution is 2.44. The molecule has 1 fully saturated rings. The predicted molar refractivity (Wildman–Crippen MR) is 224 cm³/mol. The van der Waals surface area contributed by atoms with Gasteiger partial charge in [-0.3, -0.25) is 4.90 Å². The van der Waals surface area contributed by atoms with E-state index in [-0.39, 0.29) is 11.9 Å². The van der Waals surface area contributed by atoms with Crippen molar-refractivity contribution in [3.63, 3.8) is 0 Å². The molecule has 6 heterocycles. The average molecular weight is 777 g/mol. The number of benzene rings is 2. The minimum Gasteiger partial charge on any atom is -0.490 e. The lowest BCUT2D eigenvalue weighted by Crippen LogP contribution is -2.23. The Morgan fingerprint density at radius 3 is 2.51 bits per heavy atom. The molecule has 13 nitrogen and oxygen atoms in total. The maximum Gasteiger partial charge on any atom is 0.229 e. The van der Waals surface area contributed by atoms with Crippen LogP contribution >= 0.6 is 0 Å². The molecule has 5 aromatic rings. The van der Waals surface area contributed by atoms with Gasteiger partial charge in [0.2, 0.25) is 11.9 Å². The van der Waals surface area contributed by atoms with E-state index in [1.54, 1.807) is 13.3 Å². The summed E-state index contributed by atoms with van der Waals surface area (Å²) in [6, 6.07) is 11.5. The lowest BCUT2D eigenvalue weighted by Gasteiger charge is -2.18. The number of aromatic nitrogens is 4. The normalized spacial score (nSPS) is 17.2. The van der Waals surface area contributed by atoms with Crippen LogP contribution in [-0.2, 0) is 12.8 Å². The standard InChI is InChI=1S/C43H53FN10O3/c1-5-53-15-8-10-28(11-17-53)38-39(44)34(50-42-47-27(2)20-36(45-3)51-42)23-30-22-33(57-41(30)38)24-32-26-37(46-4)52-43(49-32)48-31-21-29-12-19-56-40(29)35(25-31)55-18-9-16-54-13-6-7-14-54/h11-12,19-21,23,25-26,33H,5-10,13-18,22,24H2,1-4H3,(H2,45,47,50,51)(H2,46,48,49,52). The molecule has 8 rings (SSSR count). The highest BCUT2D eigenvalue weighted by molar-refractivity contribution is 5.87. The van der Waals surface area contributed by atoms with Gasteiger partial charge in [0.1, 0.15) is 23.5 Å². The summed E-state index contributed by atoms with van der Waals surface area (Å²) in [5.41, 5.74) is 5.80. The largest absolute Gasteiger partial charge is 0.490 e. The van der Waals surface area contributed by atoms with Crippen LogP contribution in [0.3, 0.4) is 0 Å². The van der Waals surface area contributed by atoms with Gasteiger partial charge in [0.15, 0.2) is 17.1 Å². The first-order chi connectivity index (χ1) is 27.8. The van der Waals surface area contributed by atoms with Crippen molar-refractivity contribution < 1.29 is 18.3 Å². The predicted octanol–water partition coefficient (Wildman–Crippen LogP) is 7.94. The summed E-state index contributed by atoms with van der Waals surface area (Å²) in [5.74, 6) is 3.01. The lowest BCUT2D eigenvalue weighted by atomic mass is 9.95. The van der Waals surface area contributed by atoms with Crippen molar-refractivity contribution in [1.82, 2.24) is 29.7 Å². The van der Waals surface area contributed by atoms with Gasteiger partial charge in [0, 0.05) is 80.6 Å². The number of ether oxygens (including phenoxy) is 2. The second-order valence-electron chi connectivity index (χ2n) is 15.1. The molecule has 3 aliphatic heterocycles. The Hall–Kier alpha value is -5.47. The van der Waals surface area contributed by atoms with Crippen molar-refractivity contribution in [3.05, 3.63) is 77.1 Å². The second-order valence-corrected chi connectivity index (χ2v) is 15.1. The third-order valence-electron chi connectivity index (χ3n) is 11.0. The van der Waals surface area contributed by atoms with E-state index < -0.39 is 0 Å². The van der Waals surface area contributed by atoms with E-state index in [0.29, 0.717) is 65.7 Å². The Morgan fingerprint density at radius 2 is 1.70 bits per heavy atom. The molecule has 14 heteroatoms. The zero-order chi connectivity index (χ0) is 39.3. The Bertz CT molecular complexity index is 2240. The van der Waals surface area contributed by atoms with Crippen molar-refractivity contribution in [1.29, 1.82) is 0 Å². The number of rotatable bonds is 15. The van der Waals surface area contributed by atoms with Crippen molar-refractivity contribution in [2.75, 3.05) is 81.2 Å². The van der Waals surface area contributed by atoms with Crippen LogP contribution in [0.15, 0.2) is 53.2 Å². The number of likely N-dealkylation sites (tertiary alicyclic amines) is 1. The minimum absolute atomic E-state index is 0.270. The highest BCUT2D eigenvalue weighted by atomic mass is 19.1. The zero-order valence-electron chi connectivity index (χ0n) is 33.4. The van der Waals surface area contributed by atoms with Crippen molar-refractivity contribution >= 4 is 51.4 Å². The highest BCUT2D eigenvalue weighted by Gasteiger charge is 2.32. The maximum absolute atomic E-state index is 16.8. The molecule has 2 aromatic carbocycles. The summed E-state index contributed by atoms with van der Waals surface area (Å²) >= 11 is 0. The molecule has 0 spiro atoms. The summed E-state index contributed by atoms with van der Waals surface area (Å²) in [7, 11) is 3.64. The van der Waals surface area contributed by atoms with E-state index in [0.717, 1.165) is 84.6 Å². The van der Waals surface area contributed by atoms with E-state index in [1.807, 2.05) is 50.4 Å². The number of hydrogen-bond acceptors (Lipinski definition) is 13. The van der Waals surface area contributed by atoms with Gasteiger partial charge in [-0.25, -0.2) is 14.4 Å². The molecule has 1 unspecified atom stereocenters. The number of halogens is 1. The molecule has 1 atom stereocenters. The zero-order valence-corrected chi connectivity index (χ0v) is 33.4. The van der Waals surface area contributed by atoms with Crippen molar-refractivity contribution in [3.8, 4) is 11.5 Å². The van der Waals surface area contributed by atoms with Crippen LogP contribution in [0.25, 0.3) is 16.5 Å². The van der Waals surface area contributed by atoms with E-state index in [2.05, 4.69) is 54.0 Å². The fourth-order valence-electron chi connectivity index (χ4n) is 8.10. The monoisotopic (exact) mass is 776 g/mol. The van der Waals surface area contributed by atoms with Crippen LogP contribution in [0.2, 0.25) is 0 Å². The van der Waals surface area contributed by atoms with Gasteiger partial charge in [0.25, 0.3) is 0 Å². The van der Waals surface area contributed by atoms with E-state index >= 15 is 4.39 Å². The van der Waals surface area contributed by atoms with E-state index in [9.17, 15) is 0 Å². The van der Waals surface area contributed by atoms with Crippen LogP contribution in [0.1, 0.15) is 61.5 Å². The average Bonchev–Trinajstić information content (AvgIpc) is 3.95. The number of fused-ring (bicyclic) bond motifs is 2. The quantitative estimate of drug-likeness (QED) is 0.0767. The maximum atomic E-state index is 16.8. The third kappa shape index (κ3) is 8.92. The summed E-state index contributed by atoms with van der Waals surface area (Å²) in [6.45, 7) is 10.7. The minimum atomic E-state index is -0.364. The second kappa shape index (κ2) is 17.3. The summed E-state index contributed by atoms with van der Waals surface area (Å²) in [4.78, 5) is 23.6. The molecule has 3 aliphatic rings. The molecular weight excluding hydrogens is 724 g/mol. The topological polar surface area (TPSA) is 138 Å². The van der Waals surface area contributed by atoms with Gasteiger partial charge < -0.3 is 40.1 Å². The van der Waals surface area contributed by atoms with Gasteiger partial charge in [-0.15, -0.1) is 0 Å². The van der Waals surface area contributed by atoms with Gasteiger partial charge in [-0.2, -0.15) is 9.97 Å². The molecule has 0 bridgehead atoms. The number of likely N-dealkylation sites (N-methyl/N-ethyl adjacent to an activating group) is 1. The number of nitrogens with zero attached hydrogens (tertiary/aromatic N) is 6. The molecule has 57 heavy (non-hydrogen) atoms. The Balaban J connectivity index is 1.03. The van der Waals surface area contributed by atoms with E-state index in [4.69, 9.17) is 23.9 Å². The first-order valence-electron chi connectivity index (χ1n) is 20.3. The first kappa shape index (κ1) is 38.4. The molecule has 3 aromatic heterocycles. The SMILES string of the molecule is CCN1CC=C(c2c(F)c(Nc3nc(C)cc(NC)n3)cc3c2OC(Cc2cc(NC)nc(Nc4cc(OCCCN5CCCC5)c5occc5c4)n2)C3)CCC1. The Labute approximate surface area is 333 Å². The number of aryl methyl sites for hydroxylation is 1. The van der Waals surface area contributed by atoms with Crippen LogP contribution in [0, 0.1) is 12.7 Å². The Kier molecular flexibility index (Phi) is 11.7. The Morgan fingerprint density at radius 1 is 0.912 bits per heavy atom. The van der Waals surface area contributed by atoms with Crippen LogP contribution in [-0.4, -0.2) is 95.8 Å². The fourth-order valence-corrected chi connectivity index (χ4v) is 8.10. The summed E-state index contributed by atoms with van der Waals surface area (Å²) in [6.07, 6.45) is 9.84. The molecular formula is C43H53FN10O3. The number of furan rings is 1. The number of allylic oxidation sites excluding steroid dienone is 1. The van der Waals surface area contributed by atoms with Crippen molar-refractivity contribution in [2.45, 2.75) is 64.9 Å². The number of hydrogen-bond donors (Lipinski definition) is 4. The molecule has 4 N–H and O–H groups in total. The van der Waals surface area contributed by atoms with Crippen LogP contribution < -0.4 is 30.7 Å². The van der Waals surface area contributed by atoms with Crippen LogP contribution in [0.4, 0.5) is 39.3 Å². The fraction of sp³-hybridized carbons (Fsp3) is 0.442. The number of anilines is 6. The smallest absolute Gasteiger partial charge is 0.229 e. The van der Waals surface area contributed by atoms with Gasteiger partial charge in [-0.1, -0.05) is 13.0 Å². The third-order valence-corrected chi connectivity index (χ3v) is 11.0. The van der Waals surface area contributed by atoms with Gasteiger partial charge in [0.05, 0.1) is 29.8 Å². The molecule has 300 valence electrons. The molecule has 0 saturated carbocycles. The first-order valence-corrected chi connectivity index (χ1v) is 20.3. The molecule has 0 amide bonds. The molecule has 1 saturated heterocycles. The van der Waals surface area contributed by atoms with Crippen LogP contribution in [0.5, 0.6) is 11.5 Å².